The SMILES string of the molecule is CC(C)C1(CC(=O)NCCC(=O)O)NC(=O)N(NC(=O)Nc2ccc(Br)cc2F)C1=O. The lowest BCUT2D eigenvalue weighted by Crippen LogP contribution is -2.55. The Hall–Kier alpha value is -3.22. The summed E-state index contributed by atoms with van der Waals surface area (Å²) in [6.07, 6.45) is -0.767. The molecular formula is C18H21BrFN5O6. The zero-order valence-electron chi connectivity index (χ0n) is 16.6. The summed E-state index contributed by atoms with van der Waals surface area (Å²) in [5.74, 6) is -3.92. The van der Waals surface area contributed by atoms with Crippen molar-refractivity contribution >= 4 is 51.5 Å². The van der Waals surface area contributed by atoms with E-state index in [0.717, 1.165) is 6.07 Å². The van der Waals surface area contributed by atoms with E-state index >= 15 is 0 Å². The van der Waals surface area contributed by atoms with Crippen molar-refractivity contribution in [3.63, 3.8) is 0 Å². The van der Waals surface area contributed by atoms with E-state index in [2.05, 4.69) is 31.9 Å². The van der Waals surface area contributed by atoms with Crippen LogP contribution in [0.2, 0.25) is 0 Å². The summed E-state index contributed by atoms with van der Waals surface area (Å²) >= 11 is 3.08. The van der Waals surface area contributed by atoms with Gasteiger partial charge in [0.15, 0.2) is 0 Å². The Balaban J connectivity index is 2.09. The third kappa shape index (κ3) is 5.69. The van der Waals surface area contributed by atoms with Crippen molar-refractivity contribution in [3.8, 4) is 0 Å². The Labute approximate surface area is 184 Å². The molecule has 0 spiro atoms. The molecule has 11 nitrogen and oxygen atoms in total. The number of halogens is 2. The predicted molar refractivity (Wildman–Crippen MR) is 109 cm³/mol. The molecule has 1 fully saturated rings. The van der Waals surface area contributed by atoms with Crippen LogP contribution < -0.4 is 21.4 Å². The smallest absolute Gasteiger partial charge is 0.344 e. The number of hydrogen-bond acceptors (Lipinski definition) is 5. The van der Waals surface area contributed by atoms with Gasteiger partial charge in [0.1, 0.15) is 11.4 Å². The third-order valence-electron chi connectivity index (χ3n) is 4.60. The molecule has 0 bridgehead atoms. The van der Waals surface area contributed by atoms with Gasteiger partial charge in [0.2, 0.25) is 5.91 Å². The van der Waals surface area contributed by atoms with Crippen molar-refractivity contribution < 1.29 is 33.5 Å². The molecule has 0 saturated carbocycles. The Bertz CT molecular complexity index is 927. The minimum absolute atomic E-state index is 0.145. The Kier molecular flexibility index (Phi) is 7.55. The molecular weight excluding hydrogens is 481 g/mol. The predicted octanol–water partition coefficient (Wildman–Crippen LogP) is 1.55. The second-order valence-electron chi connectivity index (χ2n) is 7.06. The zero-order chi connectivity index (χ0) is 23.3. The standard InChI is InChI=1S/C18H21BrFN5O6/c1-9(2)18(8-13(26)21-6-5-14(27)28)15(29)25(17(31)23-18)24-16(30)22-12-4-3-10(19)7-11(12)20/h3-4,7,9H,5-6,8H2,1-2H3,(H,21,26)(H,23,31)(H,27,28)(H2,22,24,30). The summed E-state index contributed by atoms with van der Waals surface area (Å²) in [7, 11) is 0. The van der Waals surface area contributed by atoms with Crippen LogP contribution in [0.4, 0.5) is 19.7 Å². The van der Waals surface area contributed by atoms with Crippen LogP contribution in [0.5, 0.6) is 0 Å². The lowest BCUT2D eigenvalue weighted by molar-refractivity contribution is -0.139. The highest BCUT2D eigenvalue weighted by atomic mass is 79.9. The van der Waals surface area contributed by atoms with Gasteiger partial charge in [0.25, 0.3) is 5.91 Å². The number of carbonyl (C=O) groups excluding carboxylic acids is 4. The van der Waals surface area contributed by atoms with Gasteiger partial charge in [-0.15, -0.1) is 0 Å². The fraction of sp³-hybridized carbons (Fsp3) is 0.389. The average Bonchev–Trinajstić information content (AvgIpc) is 2.89. The molecule has 1 unspecified atom stereocenters. The van der Waals surface area contributed by atoms with Crippen molar-refractivity contribution in [2.24, 2.45) is 5.92 Å². The van der Waals surface area contributed by atoms with Crippen LogP contribution in [0.1, 0.15) is 26.7 Å². The molecule has 1 heterocycles. The van der Waals surface area contributed by atoms with Crippen LogP contribution in [-0.2, 0) is 14.4 Å². The fourth-order valence-electron chi connectivity index (χ4n) is 2.88. The summed E-state index contributed by atoms with van der Waals surface area (Å²) in [5.41, 5.74) is 0.211. The second kappa shape index (κ2) is 9.73. The summed E-state index contributed by atoms with van der Waals surface area (Å²) in [6, 6.07) is 1.87. The number of carbonyl (C=O) groups is 5. The number of anilines is 1. The third-order valence-corrected chi connectivity index (χ3v) is 5.09. The number of nitrogens with zero attached hydrogens (tertiary/aromatic N) is 1. The molecule has 6 amide bonds. The van der Waals surface area contributed by atoms with E-state index < -0.39 is 53.5 Å². The van der Waals surface area contributed by atoms with E-state index in [4.69, 9.17) is 5.11 Å². The molecule has 0 aliphatic carbocycles. The van der Waals surface area contributed by atoms with Gasteiger partial charge < -0.3 is 21.1 Å². The van der Waals surface area contributed by atoms with Crippen molar-refractivity contribution in [2.45, 2.75) is 32.2 Å². The molecule has 1 aliphatic heterocycles. The number of hydrazine groups is 1. The number of rotatable bonds is 8. The van der Waals surface area contributed by atoms with Gasteiger partial charge in [-0.1, -0.05) is 29.8 Å². The number of urea groups is 2. The fourth-order valence-corrected chi connectivity index (χ4v) is 3.21. The van der Waals surface area contributed by atoms with Gasteiger partial charge in [-0.25, -0.2) is 19.4 Å². The van der Waals surface area contributed by atoms with Crippen molar-refractivity contribution in [1.82, 2.24) is 21.1 Å². The molecule has 2 rings (SSSR count). The highest BCUT2D eigenvalue weighted by Crippen LogP contribution is 2.29. The number of aliphatic carboxylic acids is 1. The number of hydrogen-bond donors (Lipinski definition) is 5. The minimum atomic E-state index is -1.65. The first-order valence-electron chi connectivity index (χ1n) is 9.14. The number of imide groups is 1. The van der Waals surface area contributed by atoms with E-state index in [1.165, 1.54) is 12.1 Å². The van der Waals surface area contributed by atoms with E-state index in [9.17, 15) is 28.4 Å². The summed E-state index contributed by atoms with van der Waals surface area (Å²) in [6.45, 7) is 3.06. The Morgan fingerprint density at radius 3 is 2.55 bits per heavy atom. The summed E-state index contributed by atoms with van der Waals surface area (Å²) in [4.78, 5) is 60.3. The molecule has 0 aromatic heterocycles. The lowest BCUT2D eigenvalue weighted by Gasteiger charge is -2.30. The first kappa shape index (κ1) is 24.1. The van der Waals surface area contributed by atoms with E-state index in [0.29, 0.717) is 9.48 Å². The molecule has 13 heteroatoms. The summed E-state index contributed by atoms with van der Waals surface area (Å²) in [5, 5.41) is 16.0. The van der Waals surface area contributed by atoms with Gasteiger partial charge in [0, 0.05) is 11.0 Å². The first-order chi connectivity index (χ1) is 14.5. The van der Waals surface area contributed by atoms with Crippen LogP contribution in [0, 0.1) is 11.7 Å². The van der Waals surface area contributed by atoms with Crippen LogP contribution in [0.15, 0.2) is 22.7 Å². The lowest BCUT2D eigenvalue weighted by atomic mass is 9.83. The number of benzene rings is 1. The molecule has 1 aromatic rings. The zero-order valence-corrected chi connectivity index (χ0v) is 18.2. The number of carboxylic acids is 1. The maximum absolute atomic E-state index is 13.9. The van der Waals surface area contributed by atoms with Crippen molar-refractivity contribution in [1.29, 1.82) is 0 Å². The molecule has 0 radical (unpaired) electrons. The molecule has 168 valence electrons. The topological polar surface area (TPSA) is 157 Å². The Morgan fingerprint density at radius 1 is 1.29 bits per heavy atom. The number of carboxylic acid groups (broad SMARTS) is 1. The highest BCUT2D eigenvalue weighted by Gasteiger charge is 2.55. The Morgan fingerprint density at radius 2 is 1.97 bits per heavy atom. The van der Waals surface area contributed by atoms with Crippen molar-refractivity contribution in [2.75, 3.05) is 11.9 Å². The van der Waals surface area contributed by atoms with E-state index in [1.807, 2.05) is 5.43 Å². The maximum atomic E-state index is 13.9. The largest absolute Gasteiger partial charge is 0.481 e. The van der Waals surface area contributed by atoms with Gasteiger partial charge in [-0.2, -0.15) is 5.01 Å². The molecule has 1 saturated heterocycles. The monoisotopic (exact) mass is 501 g/mol. The molecule has 5 N–H and O–H groups in total. The van der Waals surface area contributed by atoms with Crippen LogP contribution in [-0.4, -0.2) is 52.0 Å². The van der Waals surface area contributed by atoms with Gasteiger partial charge in [0.05, 0.1) is 18.5 Å². The normalized spacial score (nSPS) is 18.0. The number of nitrogens with one attached hydrogen (secondary N) is 4. The van der Waals surface area contributed by atoms with E-state index in [-0.39, 0.29) is 18.7 Å². The van der Waals surface area contributed by atoms with Crippen LogP contribution >= 0.6 is 15.9 Å². The van der Waals surface area contributed by atoms with Crippen molar-refractivity contribution in [3.05, 3.63) is 28.5 Å². The maximum Gasteiger partial charge on any atom is 0.344 e. The van der Waals surface area contributed by atoms with Gasteiger partial charge in [-0.05, 0) is 24.1 Å². The molecule has 1 aliphatic rings. The highest BCUT2D eigenvalue weighted by molar-refractivity contribution is 9.10. The average molecular weight is 502 g/mol. The van der Waals surface area contributed by atoms with Crippen LogP contribution in [0.25, 0.3) is 0 Å². The van der Waals surface area contributed by atoms with Gasteiger partial charge in [-0.3, -0.25) is 14.4 Å². The summed E-state index contributed by atoms with van der Waals surface area (Å²) < 4.78 is 14.3. The number of amides is 6. The molecule has 1 aromatic carbocycles. The van der Waals surface area contributed by atoms with Crippen LogP contribution in [0.3, 0.4) is 0 Å². The molecule has 31 heavy (non-hydrogen) atoms. The van der Waals surface area contributed by atoms with Gasteiger partial charge >= 0.3 is 18.0 Å². The minimum Gasteiger partial charge on any atom is -0.481 e. The van der Waals surface area contributed by atoms with E-state index in [1.54, 1.807) is 13.8 Å². The quantitative estimate of drug-likeness (QED) is 0.340. The molecule has 1 atom stereocenters. The second-order valence-corrected chi connectivity index (χ2v) is 7.97. The first-order valence-corrected chi connectivity index (χ1v) is 9.93.